The van der Waals surface area contributed by atoms with E-state index in [9.17, 15) is 27.5 Å². The highest BCUT2D eigenvalue weighted by Crippen LogP contribution is 2.36. The Morgan fingerprint density at radius 3 is 2.31 bits per heavy atom. The summed E-state index contributed by atoms with van der Waals surface area (Å²) in [5, 5.41) is 14.2. The molecule has 0 aliphatic carbocycles. The van der Waals surface area contributed by atoms with Crippen LogP contribution in [0.1, 0.15) is 43.1 Å². The van der Waals surface area contributed by atoms with Crippen LogP contribution in [0.5, 0.6) is 0 Å². The zero-order valence-corrected chi connectivity index (χ0v) is 20.7. The Hall–Kier alpha value is -2.85. The first kappa shape index (κ1) is 25.2. The summed E-state index contributed by atoms with van der Waals surface area (Å²) in [5.74, 6) is -1.14. The molecular weight excluding hydrogens is 530 g/mol. The number of aliphatic hydroxyl groups is 1. The molecule has 0 saturated heterocycles. The van der Waals surface area contributed by atoms with E-state index in [0.717, 1.165) is 5.56 Å². The van der Waals surface area contributed by atoms with E-state index in [1.807, 2.05) is 24.3 Å². The number of carbonyl (C=O) groups is 1. The summed E-state index contributed by atoms with van der Waals surface area (Å²) in [6.45, 7) is 6.21. The Morgan fingerprint density at radius 1 is 1.09 bits per heavy atom. The summed E-state index contributed by atoms with van der Waals surface area (Å²) in [6, 6.07) is 13.8. The molecule has 10 heteroatoms. The fourth-order valence-corrected chi connectivity index (χ4v) is 4.24. The van der Waals surface area contributed by atoms with E-state index in [2.05, 4.69) is 46.8 Å². The molecule has 5 nitrogen and oxygen atoms in total. The first-order chi connectivity index (χ1) is 16.3. The molecule has 1 aliphatic rings. The monoisotopic (exact) mass is 551 g/mol. The van der Waals surface area contributed by atoms with Gasteiger partial charge < -0.3 is 5.11 Å². The predicted octanol–water partition coefficient (Wildman–Crippen LogP) is 6.38. The van der Waals surface area contributed by atoms with Gasteiger partial charge in [-0.15, -0.1) is 0 Å². The third kappa shape index (κ3) is 4.69. The Bertz CT molecular complexity index is 1320. The van der Waals surface area contributed by atoms with Crippen molar-refractivity contribution in [2.24, 2.45) is 5.10 Å². The highest BCUT2D eigenvalue weighted by atomic mass is 79.9. The second kappa shape index (κ2) is 8.98. The van der Waals surface area contributed by atoms with Crippen molar-refractivity contribution in [2.75, 3.05) is 0 Å². The molecule has 35 heavy (non-hydrogen) atoms. The van der Waals surface area contributed by atoms with Crippen LogP contribution < -0.4 is 0 Å². The number of pyridine rings is 1. The lowest BCUT2D eigenvalue weighted by atomic mass is 9.86. The molecule has 1 aliphatic heterocycles. The average Bonchev–Trinajstić information content (AvgIpc) is 3.17. The Labute approximate surface area is 207 Å². The molecule has 1 atom stereocenters. The van der Waals surface area contributed by atoms with Gasteiger partial charge in [0, 0.05) is 21.8 Å². The summed E-state index contributed by atoms with van der Waals surface area (Å²) in [7, 11) is 0. The van der Waals surface area contributed by atoms with E-state index in [-0.39, 0.29) is 21.4 Å². The molecule has 0 bridgehead atoms. The summed E-state index contributed by atoms with van der Waals surface area (Å²) in [5.41, 5.74) is -1.86. The van der Waals surface area contributed by atoms with Gasteiger partial charge in [0.25, 0.3) is 18.8 Å². The number of hydrazone groups is 1. The van der Waals surface area contributed by atoms with Crippen LogP contribution in [0.15, 0.2) is 58.1 Å². The molecule has 2 aromatic carbocycles. The topological polar surface area (TPSA) is 65.8 Å². The van der Waals surface area contributed by atoms with Crippen LogP contribution in [-0.4, -0.2) is 45.3 Å². The maximum absolute atomic E-state index is 13.8. The molecule has 0 saturated carbocycles. The van der Waals surface area contributed by atoms with Gasteiger partial charge in [0.2, 0.25) is 5.72 Å². The van der Waals surface area contributed by atoms with Crippen LogP contribution >= 0.6 is 15.9 Å². The SMILES string of the molecule is CC(C)(C)c1ccc(-c2cc(C(=O)N3N=C(C(F)F)CC3(O)C(F)F)c3cc(Br)ccc3n2)cc1. The average molecular weight is 552 g/mol. The van der Waals surface area contributed by atoms with Crippen LogP contribution in [0.4, 0.5) is 17.6 Å². The van der Waals surface area contributed by atoms with Gasteiger partial charge in [-0.05, 0) is 35.2 Å². The number of amides is 1. The number of fused-ring (bicyclic) bond motifs is 1. The smallest absolute Gasteiger partial charge is 0.287 e. The number of carbonyl (C=O) groups excluding carboxylic acids is 1. The normalized spacial score (nSPS) is 18.6. The number of hydrogen-bond donors (Lipinski definition) is 1. The quantitative estimate of drug-likeness (QED) is 0.382. The summed E-state index contributed by atoms with van der Waals surface area (Å²) in [6.07, 6.45) is -7.86. The number of rotatable bonds is 4. The Morgan fingerprint density at radius 2 is 1.74 bits per heavy atom. The maximum atomic E-state index is 13.8. The first-order valence-electron chi connectivity index (χ1n) is 10.7. The highest BCUT2D eigenvalue weighted by Gasteiger charge is 2.53. The van der Waals surface area contributed by atoms with Gasteiger partial charge in [0.15, 0.2) is 0 Å². The third-order valence-electron chi connectivity index (χ3n) is 5.88. The fraction of sp³-hybridized carbons (Fsp3) is 0.320. The van der Waals surface area contributed by atoms with Gasteiger partial charge in [-0.25, -0.2) is 22.5 Å². The fourth-order valence-electron chi connectivity index (χ4n) is 3.88. The molecular formula is C25H22BrF4N3O2. The van der Waals surface area contributed by atoms with E-state index in [0.29, 0.717) is 21.2 Å². The van der Waals surface area contributed by atoms with Gasteiger partial charge in [0.1, 0.15) is 5.71 Å². The molecule has 2 heterocycles. The van der Waals surface area contributed by atoms with Crippen LogP contribution in [0.25, 0.3) is 22.2 Å². The molecule has 1 unspecified atom stereocenters. The molecule has 0 spiro atoms. The zero-order valence-electron chi connectivity index (χ0n) is 19.1. The van der Waals surface area contributed by atoms with Gasteiger partial charge >= 0.3 is 0 Å². The molecule has 3 aromatic rings. The van der Waals surface area contributed by atoms with Crippen molar-refractivity contribution in [3.05, 3.63) is 64.1 Å². The van der Waals surface area contributed by atoms with Crippen molar-refractivity contribution in [1.82, 2.24) is 9.99 Å². The maximum Gasteiger partial charge on any atom is 0.287 e. The van der Waals surface area contributed by atoms with E-state index >= 15 is 0 Å². The van der Waals surface area contributed by atoms with Crippen molar-refractivity contribution in [3.8, 4) is 11.3 Å². The van der Waals surface area contributed by atoms with Crippen molar-refractivity contribution in [2.45, 2.75) is 51.2 Å². The summed E-state index contributed by atoms with van der Waals surface area (Å²) >= 11 is 3.31. The van der Waals surface area contributed by atoms with E-state index in [1.165, 1.54) is 6.07 Å². The second-order valence-electron chi connectivity index (χ2n) is 9.41. The first-order valence-corrected chi connectivity index (χ1v) is 11.5. The largest absolute Gasteiger partial charge is 0.364 e. The van der Waals surface area contributed by atoms with Crippen molar-refractivity contribution in [1.29, 1.82) is 0 Å². The predicted molar refractivity (Wildman–Crippen MR) is 129 cm³/mol. The number of halogens is 5. The van der Waals surface area contributed by atoms with Crippen molar-refractivity contribution < 1.29 is 27.5 Å². The standard InChI is InChI=1S/C25H22BrF4N3O2/c1-24(2,3)14-6-4-13(5-7-14)19-11-17(16-10-15(26)8-9-18(16)31-19)22(34)33-25(35,23(29)30)12-20(32-33)21(27)28/h4-11,21,23,35H,12H2,1-3H3. The molecule has 184 valence electrons. The molecule has 1 aromatic heterocycles. The van der Waals surface area contributed by atoms with Crippen molar-refractivity contribution >= 4 is 38.5 Å². The van der Waals surface area contributed by atoms with Crippen LogP contribution in [0, 0.1) is 0 Å². The van der Waals surface area contributed by atoms with E-state index < -0.39 is 36.6 Å². The van der Waals surface area contributed by atoms with Gasteiger partial charge in [-0.2, -0.15) is 10.1 Å². The molecule has 0 fully saturated rings. The van der Waals surface area contributed by atoms with Crippen LogP contribution in [-0.2, 0) is 5.41 Å². The minimum Gasteiger partial charge on any atom is -0.364 e. The minimum absolute atomic E-state index is 0.0708. The van der Waals surface area contributed by atoms with Crippen molar-refractivity contribution in [3.63, 3.8) is 0 Å². The minimum atomic E-state index is -3.52. The van der Waals surface area contributed by atoms with E-state index in [1.54, 1.807) is 18.2 Å². The molecule has 4 rings (SSSR count). The van der Waals surface area contributed by atoms with Gasteiger partial charge in [-0.1, -0.05) is 61.0 Å². The molecule has 0 radical (unpaired) electrons. The lowest BCUT2D eigenvalue weighted by Gasteiger charge is -2.30. The number of hydrogen-bond acceptors (Lipinski definition) is 4. The van der Waals surface area contributed by atoms with Crippen LogP contribution in [0.2, 0.25) is 0 Å². The third-order valence-corrected chi connectivity index (χ3v) is 6.37. The second-order valence-corrected chi connectivity index (χ2v) is 10.3. The number of alkyl halides is 4. The zero-order chi connectivity index (χ0) is 25.7. The Kier molecular flexibility index (Phi) is 6.48. The van der Waals surface area contributed by atoms with Gasteiger partial charge in [-0.3, -0.25) is 4.79 Å². The lowest BCUT2D eigenvalue weighted by molar-refractivity contribution is -0.164. The van der Waals surface area contributed by atoms with Gasteiger partial charge in [0.05, 0.1) is 16.8 Å². The number of benzene rings is 2. The molecule has 1 amide bonds. The van der Waals surface area contributed by atoms with E-state index in [4.69, 9.17) is 0 Å². The van der Waals surface area contributed by atoms with Crippen LogP contribution in [0.3, 0.4) is 0 Å². The lowest BCUT2D eigenvalue weighted by Crippen LogP contribution is -2.51. The Balaban J connectivity index is 1.88. The molecule has 1 N–H and O–H groups in total. The highest BCUT2D eigenvalue weighted by molar-refractivity contribution is 9.10. The number of aromatic nitrogens is 1. The summed E-state index contributed by atoms with van der Waals surface area (Å²) in [4.78, 5) is 18.1. The summed E-state index contributed by atoms with van der Waals surface area (Å²) < 4.78 is 54.6. The number of nitrogens with zero attached hydrogens (tertiary/aromatic N) is 3.